The molecule has 0 aliphatic heterocycles. The van der Waals surface area contributed by atoms with E-state index in [1.54, 1.807) is 6.07 Å². The molecule has 0 fully saturated rings. The molecule has 10 heavy (non-hydrogen) atoms. The smallest absolute Gasteiger partial charge is 0.120 e. The van der Waals surface area contributed by atoms with Crippen LogP contribution in [0.1, 0.15) is 5.56 Å². The van der Waals surface area contributed by atoms with Gasteiger partial charge in [-0.25, -0.2) is 0 Å². The van der Waals surface area contributed by atoms with Gasteiger partial charge in [-0.05, 0) is 40.8 Å². The van der Waals surface area contributed by atoms with Gasteiger partial charge in [0.1, 0.15) is 5.75 Å². The van der Waals surface area contributed by atoms with Crippen molar-refractivity contribution >= 4 is 22.6 Å². The van der Waals surface area contributed by atoms with E-state index in [1.807, 2.05) is 12.1 Å². The van der Waals surface area contributed by atoms with Crippen LogP contribution in [0.2, 0.25) is 0 Å². The topological polar surface area (TPSA) is 46.2 Å². The van der Waals surface area contributed by atoms with Gasteiger partial charge in [0.15, 0.2) is 0 Å². The fraction of sp³-hybridized carbons (Fsp3) is 0.143. The molecule has 0 amide bonds. The minimum absolute atomic E-state index is 0.280. The summed E-state index contributed by atoms with van der Waals surface area (Å²) >= 11 is 2.18. The number of hydrogen-bond acceptors (Lipinski definition) is 2. The first-order valence-corrected chi connectivity index (χ1v) is 3.99. The van der Waals surface area contributed by atoms with Gasteiger partial charge in [-0.2, -0.15) is 0 Å². The predicted molar refractivity (Wildman–Crippen MR) is 48.7 cm³/mol. The van der Waals surface area contributed by atoms with Crippen molar-refractivity contribution in [1.82, 2.24) is 0 Å². The molecule has 3 N–H and O–H groups in total. The molecule has 3 heteroatoms. The van der Waals surface area contributed by atoms with Crippen LogP contribution >= 0.6 is 22.6 Å². The highest BCUT2D eigenvalue weighted by atomic mass is 127. The molecule has 1 aromatic carbocycles. The normalized spacial score (nSPS) is 9.80. The standard InChI is InChI=1S/C7H8INO/c8-6-1-2-7(10)5(3-6)4-9/h1-3,10H,4,9H2. The highest BCUT2D eigenvalue weighted by Crippen LogP contribution is 2.18. The molecule has 0 saturated carbocycles. The van der Waals surface area contributed by atoms with Crippen molar-refractivity contribution in [2.75, 3.05) is 0 Å². The molecule has 0 atom stereocenters. The fourth-order valence-corrected chi connectivity index (χ4v) is 1.27. The molecule has 0 spiro atoms. The largest absolute Gasteiger partial charge is 0.508 e. The molecule has 0 heterocycles. The zero-order valence-corrected chi connectivity index (χ0v) is 7.50. The van der Waals surface area contributed by atoms with E-state index in [2.05, 4.69) is 22.6 Å². The van der Waals surface area contributed by atoms with Gasteiger partial charge in [-0.3, -0.25) is 0 Å². The molecule has 2 nitrogen and oxygen atoms in total. The third-order valence-electron chi connectivity index (χ3n) is 1.26. The maximum Gasteiger partial charge on any atom is 0.120 e. The minimum Gasteiger partial charge on any atom is -0.508 e. The highest BCUT2D eigenvalue weighted by Gasteiger charge is 1.97. The second-order valence-electron chi connectivity index (χ2n) is 1.98. The number of hydrogen-bond donors (Lipinski definition) is 2. The van der Waals surface area contributed by atoms with Crippen LogP contribution in [0.5, 0.6) is 5.75 Å². The number of halogens is 1. The quantitative estimate of drug-likeness (QED) is 0.740. The van der Waals surface area contributed by atoms with Gasteiger partial charge in [0.2, 0.25) is 0 Å². The van der Waals surface area contributed by atoms with E-state index >= 15 is 0 Å². The van der Waals surface area contributed by atoms with Crippen molar-refractivity contribution in [3.63, 3.8) is 0 Å². The van der Waals surface area contributed by atoms with E-state index in [-0.39, 0.29) is 5.75 Å². The van der Waals surface area contributed by atoms with Crippen LogP contribution in [0.25, 0.3) is 0 Å². The van der Waals surface area contributed by atoms with Crippen LogP contribution in [-0.2, 0) is 6.54 Å². The van der Waals surface area contributed by atoms with Crippen LogP contribution in [0.3, 0.4) is 0 Å². The van der Waals surface area contributed by atoms with Crippen molar-refractivity contribution in [2.45, 2.75) is 6.54 Å². The molecule has 1 aromatic rings. The molecule has 0 aromatic heterocycles. The Labute approximate surface area is 73.2 Å². The Morgan fingerprint density at radius 1 is 1.50 bits per heavy atom. The van der Waals surface area contributed by atoms with Gasteiger partial charge in [0.25, 0.3) is 0 Å². The molecular weight excluding hydrogens is 241 g/mol. The van der Waals surface area contributed by atoms with Crippen molar-refractivity contribution in [3.05, 3.63) is 27.3 Å². The molecule has 0 saturated heterocycles. The Morgan fingerprint density at radius 3 is 2.70 bits per heavy atom. The summed E-state index contributed by atoms with van der Waals surface area (Å²) in [5.41, 5.74) is 6.15. The van der Waals surface area contributed by atoms with Crippen molar-refractivity contribution in [1.29, 1.82) is 0 Å². The zero-order chi connectivity index (χ0) is 7.56. The second kappa shape index (κ2) is 3.21. The first kappa shape index (κ1) is 7.81. The van der Waals surface area contributed by atoms with E-state index in [0.717, 1.165) is 9.13 Å². The summed E-state index contributed by atoms with van der Waals surface area (Å²) in [6.07, 6.45) is 0. The highest BCUT2D eigenvalue weighted by molar-refractivity contribution is 14.1. The van der Waals surface area contributed by atoms with Crippen LogP contribution in [0.4, 0.5) is 0 Å². The van der Waals surface area contributed by atoms with E-state index in [0.29, 0.717) is 6.54 Å². The van der Waals surface area contributed by atoms with Crippen LogP contribution in [-0.4, -0.2) is 5.11 Å². The third-order valence-corrected chi connectivity index (χ3v) is 1.93. The molecule has 54 valence electrons. The monoisotopic (exact) mass is 249 g/mol. The van der Waals surface area contributed by atoms with Crippen LogP contribution in [0.15, 0.2) is 18.2 Å². The lowest BCUT2D eigenvalue weighted by Gasteiger charge is -1.99. The zero-order valence-electron chi connectivity index (χ0n) is 5.34. The average Bonchev–Trinajstić information content (AvgIpc) is 1.94. The van der Waals surface area contributed by atoms with Gasteiger partial charge in [-0.1, -0.05) is 0 Å². The Kier molecular flexibility index (Phi) is 2.50. The van der Waals surface area contributed by atoms with E-state index < -0.39 is 0 Å². The Bertz CT molecular complexity index is 237. The van der Waals surface area contributed by atoms with E-state index in [9.17, 15) is 0 Å². The van der Waals surface area contributed by atoms with E-state index in [1.165, 1.54) is 0 Å². The predicted octanol–water partition coefficient (Wildman–Crippen LogP) is 1.46. The summed E-state index contributed by atoms with van der Waals surface area (Å²) in [6, 6.07) is 5.37. The number of aromatic hydroxyl groups is 1. The van der Waals surface area contributed by atoms with Gasteiger partial charge in [0.05, 0.1) is 0 Å². The Morgan fingerprint density at radius 2 is 2.20 bits per heavy atom. The fourth-order valence-electron chi connectivity index (χ4n) is 0.718. The molecule has 0 unspecified atom stereocenters. The number of rotatable bonds is 1. The minimum atomic E-state index is 0.280. The van der Waals surface area contributed by atoms with Crippen molar-refractivity contribution in [3.8, 4) is 5.75 Å². The Hall–Kier alpha value is -0.290. The summed E-state index contributed by atoms with van der Waals surface area (Å²) in [6.45, 7) is 0.392. The second-order valence-corrected chi connectivity index (χ2v) is 3.22. The maximum absolute atomic E-state index is 9.15. The number of nitrogens with two attached hydrogens (primary N) is 1. The molecule has 0 aliphatic carbocycles. The lowest BCUT2D eigenvalue weighted by atomic mass is 10.2. The number of benzene rings is 1. The van der Waals surface area contributed by atoms with Crippen molar-refractivity contribution in [2.24, 2.45) is 5.73 Å². The molecule has 0 radical (unpaired) electrons. The van der Waals surface area contributed by atoms with Crippen LogP contribution < -0.4 is 5.73 Å². The lowest BCUT2D eigenvalue weighted by molar-refractivity contribution is 0.468. The summed E-state index contributed by atoms with van der Waals surface area (Å²) < 4.78 is 1.09. The molecule has 1 rings (SSSR count). The van der Waals surface area contributed by atoms with Crippen LogP contribution in [0, 0.1) is 3.57 Å². The maximum atomic E-state index is 9.15. The van der Waals surface area contributed by atoms with E-state index in [4.69, 9.17) is 10.8 Å². The van der Waals surface area contributed by atoms with Gasteiger partial charge in [-0.15, -0.1) is 0 Å². The summed E-state index contributed by atoms with van der Waals surface area (Å²) in [5, 5.41) is 9.15. The van der Waals surface area contributed by atoms with Gasteiger partial charge < -0.3 is 10.8 Å². The Balaban J connectivity index is 3.09. The van der Waals surface area contributed by atoms with Gasteiger partial charge >= 0.3 is 0 Å². The lowest BCUT2D eigenvalue weighted by Crippen LogP contribution is -1.96. The molecule has 0 bridgehead atoms. The molecular formula is C7H8INO. The summed E-state index contributed by atoms with van der Waals surface area (Å²) in [5.74, 6) is 0.280. The first-order chi connectivity index (χ1) is 4.74. The van der Waals surface area contributed by atoms with Crippen molar-refractivity contribution < 1.29 is 5.11 Å². The van der Waals surface area contributed by atoms with Gasteiger partial charge in [0, 0.05) is 15.7 Å². The third kappa shape index (κ3) is 1.60. The average molecular weight is 249 g/mol. The summed E-state index contributed by atoms with van der Waals surface area (Å²) in [4.78, 5) is 0. The summed E-state index contributed by atoms with van der Waals surface area (Å²) in [7, 11) is 0. The number of phenolic OH excluding ortho intramolecular Hbond substituents is 1. The SMILES string of the molecule is NCc1cc(I)ccc1O. The number of phenols is 1. The first-order valence-electron chi connectivity index (χ1n) is 2.91. The molecule has 0 aliphatic rings.